The van der Waals surface area contributed by atoms with Gasteiger partial charge in [0.1, 0.15) is 6.33 Å². The van der Waals surface area contributed by atoms with Crippen molar-refractivity contribution in [2.24, 2.45) is 0 Å². The second-order valence-electron chi connectivity index (χ2n) is 7.32. The molecule has 5 nitrogen and oxygen atoms in total. The fourth-order valence-corrected chi connectivity index (χ4v) is 4.77. The Balaban J connectivity index is 1.54. The van der Waals surface area contributed by atoms with Crippen LogP contribution < -0.4 is 0 Å². The molecular weight excluding hydrogens is 392 g/mol. The zero-order chi connectivity index (χ0) is 17.9. The van der Waals surface area contributed by atoms with Crippen molar-refractivity contribution in [1.29, 1.82) is 0 Å². The van der Waals surface area contributed by atoms with Crippen LogP contribution in [0.1, 0.15) is 29.9 Å². The average Bonchev–Trinajstić information content (AvgIpc) is 2.65. The molecule has 0 radical (unpaired) electrons. The molecule has 2 saturated heterocycles. The zero-order valence-electron chi connectivity index (χ0n) is 14.8. The molecule has 2 aliphatic heterocycles. The van der Waals surface area contributed by atoms with E-state index in [1.165, 1.54) is 18.4 Å². The van der Waals surface area contributed by atoms with Gasteiger partial charge in [-0.3, -0.25) is 9.80 Å². The van der Waals surface area contributed by atoms with Gasteiger partial charge in [-0.25, -0.2) is 9.97 Å². The minimum absolute atomic E-state index is 0.226. The van der Waals surface area contributed by atoms with Crippen LogP contribution in [0, 0.1) is 0 Å². The van der Waals surface area contributed by atoms with E-state index in [-0.39, 0.29) is 12.6 Å². The lowest BCUT2D eigenvalue weighted by Gasteiger charge is -2.57. The first-order valence-electron chi connectivity index (χ1n) is 9.34. The van der Waals surface area contributed by atoms with Crippen LogP contribution in [-0.2, 0) is 6.54 Å². The van der Waals surface area contributed by atoms with Crippen LogP contribution in [-0.4, -0.2) is 63.2 Å². The molecule has 138 valence electrons. The van der Waals surface area contributed by atoms with E-state index in [1.54, 1.807) is 6.33 Å². The number of hydrogen-bond donors (Lipinski definition) is 1. The summed E-state index contributed by atoms with van der Waals surface area (Å²) in [6.07, 6.45) is 7.78. The van der Waals surface area contributed by atoms with E-state index >= 15 is 0 Å². The van der Waals surface area contributed by atoms with Crippen LogP contribution in [0.2, 0.25) is 0 Å². The number of fused-ring (bicyclic) bond motifs is 1. The van der Waals surface area contributed by atoms with Gasteiger partial charge in [-0.1, -0.05) is 28.1 Å². The average molecular weight is 417 g/mol. The molecule has 2 fully saturated rings. The Kier molecular flexibility index (Phi) is 5.64. The van der Waals surface area contributed by atoms with E-state index in [0.717, 1.165) is 36.2 Å². The molecular formula is C20H25BrN4O. The molecule has 4 rings (SSSR count). The van der Waals surface area contributed by atoms with Gasteiger partial charge in [0.2, 0.25) is 0 Å². The van der Waals surface area contributed by atoms with Gasteiger partial charge in [-0.05, 0) is 43.6 Å². The minimum Gasteiger partial charge on any atom is -0.395 e. The monoisotopic (exact) mass is 416 g/mol. The van der Waals surface area contributed by atoms with Crippen molar-refractivity contribution in [2.45, 2.75) is 37.4 Å². The molecule has 1 N–H and O–H groups in total. The number of halogens is 1. The lowest BCUT2D eigenvalue weighted by Crippen LogP contribution is -2.67. The van der Waals surface area contributed by atoms with E-state index in [2.05, 4.69) is 60.0 Å². The number of aliphatic hydroxyl groups is 1. The Morgan fingerprint density at radius 3 is 2.54 bits per heavy atom. The molecule has 2 aliphatic rings. The number of benzene rings is 1. The smallest absolute Gasteiger partial charge is 0.115 e. The second kappa shape index (κ2) is 8.13. The minimum atomic E-state index is 0.226. The van der Waals surface area contributed by atoms with Gasteiger partial charge in [0.05, 0.1) is 6.61 Å². The standard InChI is InChI=1S/C20H25BrN4O/c21-17-5-3-16(4-6-17)20-18-12-24(11-15-9-22-14-23-10-15)7-1-2-8-25(18)19(20)13-26/h3-6,9-10,14,18-20,26H,1-2,7-8,11-13H2/t18-,19+,20+/m0/s1. The summed E-state index contributed by atoms with van der Waals surface area (Å²) in [4.78, 5) is 13.3. The van der Waals surface area contributed by atoms with Crippen molar-refractivity contribution in [3.63, 3.8) is 0 Å². The van der Waals surface area contributed by atoms with Gasteiger partial charge < -0.3 is 5.11 Å². The summed E-state index contributed by atoms with van der Waals surface area (Å²) < 4.78 is 1.10. The Morgan fingerprint density at radius 1 is 1.08 bits per heavy atom. The molecule has 1 aromatic heterocycles. The molecule has 0 saturated carbocycles. The lowest BCUT2D eigenvalue weighted by atomic mass is 9.74. The SMILES string of the molecule is OC[C@@H]1[C@H](c2ccc(Br)cc2)[C@@H]2CN(Cc3cncnc3)CCCCN12. The number of aromatic nitrogens is 2. The quantitative estimate of drug-likeness (QED) is 0.829. The Labute approximate surface area is 163 Å². The molecule has 2 aromatic rings. The highest BCUT2D eigenvalue weighted by molar-refractivity contribution is 9.10. The fourth-order valence-electron chi connectivity index (χ4n) is 4.51. The summed E-state index contributed by atoms with van der Waals surface area (Å²) in [7, 11) is 0. The van der Waals surface area contributed by atoms with Crippen LogP contribution in [0.3, 0.4) is 0 Å². The maximum atomic E-state index is 9.99. The molecule has 1 aromatic carbocycles. The molecule has 3 heterocycles. The largest absolute Gasteiger partial charge is 0.395 e. The Hall–Kier alpha value is -1.34. The molecule has 26 heavy (non-hydrogen) atoms. The van der Waals surface area contributed by atoms with Crippen molar-refractivity contribution in [3.8, 4) is 0 Å². The van der Waals surface area contributed by atoms with Gasteiger partial charge in [-0.2, -0.15) is 0 Å². The Morgan fingerprint density at radius 2 is 1.81 bits per heavy atom. The highest BCUT2D eigenvalue weighted by atomic mass is 79.9. The number of nitrogens with zero attached hydrogens (tertiary/aromatic N) is 4. The van der Waals surface area contributed by atoms with Crippen molar-refractivity contribution >= 4 is 15.9 Å². The number of hydrogen-bond acceptors (Lipinski definition) is 5. The van der Waals surface area contributed by atoms with Crippen molar-refractivity contribution in [1.82, 2.24) is 19.8 Å². The summed E-state index contributed by atoms with van der Waals surface area (Å²) in [5.41, 5.74) is 2.50. The highest BCUT2D eigenvalue weighted by Gasteiger charge is 2.48. The van der Waals surface area contributed by atoms with Crippen molar-refractivity contribution < 1.29 is 5.11 Å². The van der Waals surface area contributed by atoms with E-state index in [1.807, 2.05) is 12.4 Å². The zero-order valence-corrected chi connectivity index (χ0v) is 16.4. The predicted octanol–water partition coefficient (Wildman–Crippen LogP) is 2.66. The summed E-state index contributed by atoms with van der Waals surface area (Å²) in [5, 5.41) is 9.99. The summed E-state index contributed by atoms with van der Waals surface area (Å²) in [6, 6.07) is 9.30. The van der Waals surface area contributed by atoms with E-state index in [4.69, 9.17) is 0 Å². The molecule has 0 aliphatic carbocycles. The molecule has 0 spiro atoms. The van der Waals surface area contributed by atoms with Crippen molar-refractivity contribution in [3.05, 3.63) is 58.6 Å². The lowest BCUT2D eigenvalue weighted by molar-refractivity contribution is -0.0655. The number of aliphatic hydroxyl groups excluding tert-OH is 1. The van der Waals surface area contributed by atoms with Gasteiger partial charge in [0.15, 0.2) is 0 Å². The Bertz CT molecular complexity index is 712. The molecule has 0 unspecified atom stereocenters. The molecule has 0 amide bonds. The summed E-state index contributed by atoms with van der Waals surface area (Å²) in [5.74, 6) is 0.390. The van der Waals surface area contributed by atoms with Crippen LogP contribution in [0.25, 0.3) is 0 Å². The van der Waals surface area contributed by atoms with E-state index < -0.39 is 0 Å². The fraction of sp³-hybridized carbons (Fsp3) is 0.500. The normalized spacial score (nSPS) is 27.2. The van der Waals surface area contributed by atoms with E-state index in [0.29, 0.717) is 12.0 Å². The first-order chi connectivity index (χ1) is 12.8. The van der Waals surface area contributed by atoms with E-state index in [9.17, 15) is 5.11 Å². The molecule has 3 atom stereocenters. The molecule has 0 bridgehead atoms. The third-order valence-corrected chi connectivity index (χ3v) is 6.26. The summed E-state index contributed by atoms with van der Waals surface area (Å²) in [6.45, 7) is 4.33. The maximum absolute atomic E-state index is 9.99. The van der Waals surface area contributed by atoms with Gasteiger partial charge in [0, 0.05) is 53.5 Å². The highest BCUT2D eigenvalue weighted by Crippen LogP contribution is 2.42. The number of rotatable bonds is 4. The van der Waals surface area contributed by atoms with Gasteiger partial charge in [0.25, 0.3) is 0 Å². The van der Waals surface area contributed by atoms with Crippen LogP contribution in [0.4, 0.5) is 0 Å². The molecule has 6 heteroatoms. The third-order valence-electron chi connectivity index (χ3n) is 5.73. The predicted molar refractivity (Wildman–Crippen MR) is 105 cm³/mol. The summed E-state index contributed by atoms with van der Waals surface area (Å²) >= 11 is 3.53. The van der Waals surface area contributed by atoms with Gasteiger partial charge in [-0.15, -0.1) is 0 Å². The van der Waals surface area contributed by atoms with Gasteiger partial charge >= 0.3 is 0 Å². The van der Waals surface area contributed by atoms with Crippen LogP contribution in [0.5, 0.6) is 0 Å². The maximum Gasteiger partial charge on any atom is 0.115 e. The second-order valence-corrected chi connectivity index (χ2v) is 8.24. The van der Waals surface area contributed by atoms with Crippen molar-refractivity contribution in [2.75, 3.05) is 26.2 Å². The van der Waals surface area contributed by atoms with Crippen LogP contribution >= 0.6 is 15.9 Å². The first-order valence-corrected chi connectivity index (χ1v) is 10.1. The third kappa shape index (κ3) is 3.69. The van der Waals surface area contributed by atoms with Crippen LogP contribution in [0.15, 0.2) is 47.5 Å². The topological polar surface area (TPSA) is 52.5 Å². The first kappa shape index (κ1) is 18.0.